The number of unbranched alkanes of at least 4 members (excludes halogenated alkanes) is 2. The van der Waals surface area contributed by atoms with Crippen molar-refractivity contribution in [1.82, 2.24) is 0 Å². The van der Waals surface area contributed by atoms with Crippen LogP contribution in [-0.4, -0.2) is 36.9 Å². The van der Waals surface area contributed by atoms with Crippen LogP contribution in [0, 0.1) is 17.8 Å². The summed E-state index contributed by atoms with van der Waals surface area (Å²) < 4.78 is 5.63. The molecule has 2 nitrogen and oxygen atoms in total. The molecule has 0 aliphatic heterocycles. The summed E-state index contributed by atoms with van der Waals surface area (Å²) in [6, 6.07) is 0. The smallest absolute Gasteiger partial charge is 0.0577 e. The molecule has 0 aromatic rings. The molecule has 0 amide bonds. The number of rotatable bonds is 12. The zero-order valence-electron chi connectivity index (χ0n) is 15.4. The molecule has 0 bridgehead atoms. The van der Waals surface area contributed by atoms with Gasteiger partial charge in [-0.15, -0.1) is 8.20 Å². The first kappa shape index (κ1) is 20.9. The maximum Gasteiger partial charge on any atom is 0.0577 e. The molecule has 1 fully saturated rings. The predicted octanol–water partition coefficient (Wildman–Crippen LogP) is 5.32. The van der Waals surface area contributed by atoms with E-state index in [9.17, 15) is 5.11 Å². The molecule has 0 saturated heterocycles. The fourth-order valence-corrected chi connectivity index (χ4v) is 4.43. The quantitative estimate of drug-likeness (QED) is 0.296. The van der Waals surface area contributed by atoms with Crippen LogP contribution in [-0.2, 0) is 4.74 Å². The predicted molar refractivity (Wildman–Crippen MR) is 104 cm³/mol. The molecule has 23 heavy (non-hydrogen) atoms. The largest absolute Gasteiger partial charge is 0.393 e. The Morgan fingerprint density at radius 2 is 2.09 bits per heavy atom. The molecule has 0 radical (unpaired) electrons. The SMILES string of the molecule is C=PCCC(CCC1C(C)CC(O)C1CC=CCCCC)OC. The van der Waals surface area contributed by atoms with Crippen LogP contribution in [0.5, 0.6) is 0 Å². The Hall–Kier alpha value is -0.170. The minimum atomic E-state index is -0.120. The van der Waals surface area contributed by atoms with Gasteiger partial charge in [-0.3, -0.25) is 0 Å². The van der Waals surface area contributed by atoms with Crippen LogP contribution in [0.1, 0.15) is 65.2 Å². The molecular weight excluding hydrogens is 303 g/mol. The Bertz CT molecular complexity index is 343. The molecule has 1 N–H and O–H groups in total. The Kier molecular flexibility index (Phi) is 11.1. The highest BCUT2D eigenvalue weighted by atomic mass is 31.1. The lowest BCUT2D eigenvalue weighted by molar-refractivity contribution is 0.0756. The number of allylic oxidation sites excluding steroid dienone is 2. The lowest BCUT2D eigenvalue weighted by Gasteiger charge is -2.25. The van der Waals surface area contributed by atoms with E-state index in [1.54, 1.807) is 0 Å². The standard InChI is InChI=1S/C20H37O2P/c1-5-6-7-8-9-10-19-18(16(2)15-20(19)21)12-11-17(22-3)13-14-23-4/h8-9,16-21H,4-7,10-15H2,1-3H3. The highest BCUT2D eigenvalue weighted by molar-refractivity contribution is 7.36. The van der Waals surface area contributed by atoms with Crippen molar-refractivity contribution in [2.45, 2.75) is 77.4 Å². The van der Waals surface area contributed by atoms with Crippen LogP contribution in [0.2, 0.25) is 0 Å². The maximum atomic E-state index is 10.4. The Morgan fingerprint density at radius 1 is 1.30 bits per heavy atom. The molecule has 1 aliphatic rings. The van der Waals surface area contributed by atoms with Crippen LogP contribution in [0.3, 0.4) is 0 Å². The Balaban J connectivity index is 2.48. The van der Waals surface area contributed by atoms with E-state index < -0.39 is 0 Å². The van der Waals surface area contributed by atoms with Crippen molar-refractivity contribution >= 4 is 14.5 Å². The number of aliphatic hydroxyl groups is 1. The van der Waals surface area contributed by atoms with Gasteiger partial charge in [0.05, 0.1) is 12.2 Å². The summed E-state index contributed by atoms with van der Waals surface area (Å²) in [5.74, 6) is 1.70. The van der Waals surface area contributed by atoms with Gasteiger partial charge in [0.15, 0.2) is 0 Å². The molecule has 1 rings (SSSR count). The monoisotopic (exact) mass is 340 g/mol. The highest BCUT2D eigenvalue weighted by Gasteiger charge is 2.39. The first-order valence-corrected chi connectivity index (χ1v) is 10.7. The van der Waals surface area contributed by atoms with Crippen molar-refractivity contribution in [3.63, 3.8) is 0 Å². The molecule has 0 aromatic heterocycles. The van der Waals surface area contributed by atoms with Crippen LogP contribution in [0.25, 0.3) is 0 Å². The van der Waals surface area contributed by atoms with Gasteiger partial charge in [-0.2, -0.15) is 0 Å². The van der Waals surface area contributed by atoms with Crippen molar-refractivity contribution in [2.75, 3.05) is 13.3 Å². The molecule has 5 unspecified atom stereocenters. The summed E-state index contributed by atoms with van der Waals surface area (Å²) in [7, 11) is 3.03. The molecule has 3 heteroatoms. The van der Waals surface area contributed by atoms with E-state index in [1.165, 1.54) is 33.9 Å². The zero-order chi connectivity index (χ0) is 17.1. The minimum absolute atomic E-state index is 0.120. The number of methoxy groups -OCH3 is 1. The molecule has 134 valence electrons. The average Bonchev–Trinajstić information content (AvgIpc) is 2.81. The van der Waals surface area contributed by atoms with Crippen LogP contribution in [0.4, 0.5) is 0 Å². The Morgan fingerprint density at radius 3 is 2.74 bits per heavy atom. The van der Waals surface area contributed by atoms with Crippen molar-refractivity contribution < 1.29 is 9.84 Å². The van der Waals surface area contributed by atoms with Crippen LogP contribution in [0.15, 0.2) is 12.2 Å². The third-order valence-corrected chi connectivity index (χ3v) is 6.03. The summed E-state index contributed by atoms with van der Waals surface area (Å²) in [5.41, 5.74) is 0. The van der Waals surface area contributed by atoms with Gasteiger partial charge in [-0.05, 0) is 62.4 Å². The molecule has 5 atom stereocenters. The number of hydrogen-bond acceptors (Lipinski definition) is 2. The van der Waals surface area contributed by atoms with Crippen molar-refractivity contribution in [3.05, 3.63) is 12.2 Å². The van der Waals surface area contributed by atoms with Crippen LogP contribution >= 0.6 is 8.20 Å². The minimum Gasteiger partial charge on any atom is -0.393 e. The fraction of sp³-hybridized carbons (Fsp3) is 0.850. The van der Waals surface area contributed by atoms with Crippen molar-refractivity contribution in [2.24, 2.45) is 17.8 Å². The van der Waals surface area contributed by atoms with Crippen LogP contribution < -0.4 is 0 Å². The second-order valence-corrected chi connectivity index (χ2v) is 8.02. The lowest BCUT2D eigenvalue weighted by atomic mass is 9.83. The number of hydrogen-bond donors (Lipinski definition) is 1. The zero-order valence-corrected chi connectivity index (χ0v) is 16.3. The van der Waals surface area contributed by atoms with E-state index in [2.05, 4.69) is 32.3 Å². The summed E-state index contributed by atoms with van der Waals surface area (Å²) in [4.78, 5) is 0. The normalized spacial score (nSPS) is 29.6. The number of ether oxygens (including phenoxy) is 1. The average molecular weight is 340 g/mol. The summed E-state index contributed by atoms with van der Waals surface area (Å²) in [5, 5.41) is 10.4. The summed E-state index contributed by atoms with van der Waals surface area (Å²) in [6.07, 6.45) is 19.0. The van der Waals surface area contributed by atoms with Gasteiger partial charge < -0.3 is 9.84 Å². The van der Waals surface area contributed by atoms with E-state index in [4.69, 9.17) is 4.74 Å². The van der Waals surface area contributed by atoms with Gasteiger partial charge in [0.2, 0.25) is 0 Å². The molecule has 0 heterocycles. The molecule has 1 saturated carbocycles. The highest BCUT2D eigenvalue weighted by Crippen LogP contribution is 2.42. The molecule has 0 spiro atoms. The molecule has 1 aliphatic carbocycles. The third kappa shape index (κ3) is 7.50. The van der Waals surface area contributed by atoms with Gasteiger partial charge in [0.25, 0.3) is 0 Å². The number of aliphatic hydroxyl groups excluding tert-OH is 1. The van der Waals surface area contributed by atoms with Crippen molar-refractivity contribution in [3.8, 4) is 0 Å². The Labute approximate surface area is 145 Å². The summed E-state index contributed by atoms with van der Waals surface area (Å²) >= 11 is 0. The molecule has 0 aromatic carbocycles. The van der Waals surface area contributed by atoms with Gasteiger partial charge >= 0.3 is 0 Å². The first-order chi connectivity index (χ1) is 11.1. The van der Waals surface area contributed by atoms with E-state index in [1.807, 2.05) is 7.11 Å². The van der Waals surface area contributed by atoms with E-state index in [-0.39, 0.29) is 6.10 Å². The van der Waals surface area contributed by atoms with Gasteiger partial charge in [-0.25, -0.2) is 0 Å². The summed E-state index contributed by atoms with van der Waals surface area (Å²) in [6.45, 7) is 4.54. The molecular formula is C20H37O2P. The van der Waals surface area contributed by atoms with E-state index in [0.717, 1.165) is 31.8 Å². The third-order valence-electron chi connectivity index (χ3n) is 5.45. The lowest BCUT2D eigenvalue weighted by Crippen LogP contribution is -2.22. The maximum absolute atomic E-state index is 10.4. The van der Waals surface area contributed by atoms with Crippen molar-refractivity contribution in [1.29, 1.82) is 0 Å². The fourth-order valence-electron chi connectivity index (χ4n) is 3.96. The van der Waals surface area contributed by atoms with Gasteiger partial charge in [0, 0.05) is 7.11 Å². The topological polar surface area (TPSA) is 29.5 Å². The first-order valence-electron chi connectivity index (χ1n) is 9.42. The van der Waals surface area contributed by atoms with E-state index in [0.29, 0.717) is 23.9 Å². The van der Waals surface area contributed by atoms with E-state index >= 15 is 0 Å². The second-order valence-electron chi connectivity index (χ2n) is 7.13. The van der Waals surface area contributed by atoms with Gasteiger partial charge in [0.1, 0.15) is 0 Å². The van der Waals surface area contributed by atoms with Gasteiger partial charge in [-0.1, -0.05) is 45.1 Å². The second kappa shape index (κ2) is 12.2.